The van der Waals surface area contributed by atoms with Crippen molar-refractivity contribution in [2.45, 2.75) is 5.41 Å². The van der Waals surface area contributed by atoms with Crippen LogP contribution in [0.1, 0.15) is 22.3 Å². The lowest BCUT2D eigenvalue weighted by molar-refractivity contribution is 0.769. The average Bonchev–Trinajstić information content (AvgIpc) is 3.24. The van der Waals surface area contributed by atoms with E-state index in [0.717, 1.165) is 16.0 Å². The van der Waals surface area contributed by atoms with Crippen LogP contribution in [0.5, 0.6) is 0 Å². The molecule has 0 N–H and O–H groups in total. The van der Waals surface area contributed by atoms with Gasteiger partial charge in [0.2, 0.25) is 0 Å². The molecular weight excluding hydrogens is 456 g/mol. The molecule has 0 spiro atoms. The molecule has 0 saturated heterocycles. The van der Waals surface area contributed by atoms with Crippen LogP contribution < -0.4 is 0 Å². The minimum absolute atomic E-state index is 0.404. The lowest BCUT2D eigenvalue weighted by Crippen LogP contribution is -2.28. The van der Waals surface area contributed by atoms with Crippen molar-refractivity contribution in [3.05, 3.63) is 167 Å². The maximum atomic E-state index is 6.61. The molecule has 0 unspecified atom stereocenters. The maximum absolute atomic E-state index is 6.61. The van der Waals surface area contributed by atoms with Gasteiger partial charge in [0.25, 0.3) is 0 Å². The van der Waals surface area contributed by atoms with Gasteiger partial charge in [0.1, 0.15) is 0 Å². The smallest absolute Gasteiger partial charge is 0.0713 e. The highest BCUT2D eigenvalue weighted by molar-refractivity contribution is 6.32. The summed E-state index contributed by atoms with van der Waals surface area (Å²) in [6.07, 6.45) is 0. The Hall–Kier alpha value is -4.13. The van der Waals surface area contributed by atoms with E-state index in [2.05, 4.69) is 133 Å². The first-order chi connectivity index (χ1) is 17.8. The third-order valence-corrected chi connectivity index (χ3v) is 7.81. The van der Waals surface area contributed by atoms with E-state index >= 15 is 0 Å². The largest absolute Gasteiger partial charge is 0.0843 e. The van der Waals surface area contributed by atoms with E-state index in [0.29, 0.717) is 0 Å². The summed E-state index contributed by atoms with van der Waals surface area (Å²) in [5.74, 6) is 0. The van der Waals surface area contributed by atoms with Gasteiger partial charge in [-0.25, -0.2) is 0 Å². The van der Waals surface area contributed by atoms with Crippen molar-refractivity contribution in [2.75, 3.05) is 0 Å². The summed E-state index contributed by atoms with van der Waals surface area (Å²) in [6.45, 7) is 0. The van der Waals surface area contributed by atoms with Gasteiger partial charge >= 0.3 is 0 Å². The number of benzene rings is 6. The van der Waals surface area contributed by atoms with Crippen LogP contribution >= 0.6 is 11.6 Å². The second-order valence-electron chi connectivity index (χ2n) is 9.46. The third kappa shape index (κ3) is 3.02. The van der Waals surface area contributed by atoms with Gasteiger partial charge in [-0.1, -0.05) is 133 Å². The molecule has 6 aromatic rings. The first-order valence-electron chi connectivity index (χ1n) is 12.3. The monoisotopic (exact) mass is 478 g/mol. The van der Waals surface area contributed by atoms with Crippen LogP contribution in [-0.2, 0) is 5.41 Å². The van der Waals surface area contributed by atoms with Gasteiger partial charge in [0.05, 0.1) is 5.41 Å². The van der Waals surface area contributed by atoms with Crippen molar-refractivity contribution in [1.29, 1.82) is 0 Å². The van der Waals surface area contributed by atoms with Crippen LogP contribution in [-0.4, -0.2) is 0 Å². The first kappa shape index (κ1) is 21.2. The summed E-state index contributed by atoms with van der Waals surface area (Å²) in [6, 6.07) is 50.3. The first-order valence-corrected chi connectivity index (χ1v) is 12.7. The van der Waals surface area contributed by atoms with Gasteiger partial charge in [-0.2, -0.15) is 0 Å². The number of rotatable bonds is 3. The van der Waals surface area contributed by atoms with E-state index in [1.165, 1.54) is 44.3 Å². The Morgan fingerprint density at radius 1 is 0.444 bits per heavy atom. The molecule has 0 nitrogen and oxygen atoms in total. The number of halogens is 1. The second-order valence-corrected chi connectivity index (χ2v) is 9.90. The molecule has 6 aromatic carbocycles. The molecule has 0 atom stereocenters. The molecule has 0 radical (unpaired) electrons. The highest BCUT2D eigenvalue weighted by atomic mass is 35.5. The number of hydrogen-bond donors (Lipinski definition) is 0. The highest BCUT2D eigenvalue weighted by Crippen LogP contribution is 2.56. The van der Waals surface area contributed by atoms with Crippen molar-refractivity contribution >= 4 is 22.4 Å². The molecule has 170 valence electrons. The quantitative estimate of drug-likeness (QED) is 0.237. The molecule has 1 aliphatic carbocycles. The maximum Gasteiger partial charge on any atom is 0.0713 e. The van der Waals surface area contributed by atoms with Crippen LogP contribution in [0.25, 0.3) is 33.0 Å². The zero-order valence-corrected chi connectivity index (χ0v) is 20.4. The Labute approximate surface area is 216 Å². The second kappa shape index (κ2) is 8.22. The SMILES string of the molecule is Clc1cc(-c2ccc3c(c2)C(c2ccccc2)(c2ccccc2)c2ccccc2-3)c2ccccc2c1. The van der Waals surface area contributed by atoms with E-state index in [9.17, 15) is 0 Å². The number of hydrogen-bond acceptors (Lipinski definition) is 0. The fraction of sp³-hybridized carbons (Fsp3) is 0.0286. The molecule has 1 aliphatic rings. The normalized spacial score (nSPS) is 13.4. The zero-order valence-electron chi connectivity index (χ0n) is 19.7. The van der Waals surface area contributed by atoms with Crippen molar-refractivity contribution < 1.29 is 0 Å². The van der Waals surface area contributed by atoms with Crippen molar-refractivity contribution in [3.8, 4) is 22.3 Å². The van der Waals surface area contributed by atoms with Crippen LogP contribution in [0, 0.1) is 0 Å². The lowest BCUT2D eigenvalue weighted by atomic mass is 9.67. The Morgan fingerprint density at radius 2 is 1.06 bits per heavy atom. The van der Waals surface area contributed by atoms with Gasteiger partial charge in [-0.05, 0) is 73.5 Å². The lowest BCUT2D eigenvalue weighted by Gasteiger charge is -2.34. The number of fused-ring (bicyclic) bond motifs is 4. The van der Waals surface area contributed by atoms with Gasteiger partial charge in [0.15, 0.2) is 0 Å². The Bertz CT molecular complexity index is 1690. The average molecular weight is 479 g/mol. The summed E-state index contributed by atoms with van der Waals surface area (Å²) in [5, 5.41) is 3.12. The van der Waals surface area contributed by atoms with Crippen LogP contribution in [0.4, 0.5) is 0 Å². The summed E-state index contributed by atoms with van der Waals surface area (Å²) in [5.41, 5.74) is 9.69. The minimum atomic E-state index is -0.404. The molecular formula is C35H23Cl. The van der Waals surface area contributed by atoms with Crippen LogP contribution in [0.15, 0.2) is 140 Å². The van der Waals surface area contributed by atoms with E-state index in [4.69, 9.17) is 11.6 Å². The molecule has 0 aromatic heterocycles. The van der Waals surface area contributed by atoms with E-state index in [1.807, 2.05) is 6.07 Å². The third-order valence-electron chi connectivity index (χ3n) is 7.60. The fourth-order valence-electron chi connectivity index (χ4n) is 6.12. The van der Waals surface area contributed by atoms with Crippen LogP contribution in [0.3, 0.4) is 0 Å². The van der Waals surface area contributed by atoms with E-state index < -0.39 is 5.41 Å². The molecule has 0 bridgehead atoms. The van der Waals surface area contributed by atoms with Gasteiger partial charge < -0.3 is 0 Å². The molecule has 0 fully saturated rings. The van der Waals surface area contributed by atoms with Gasteiger partial charge in [-0.15, -0.1) is 0 Å². The predicted molar refractivity (Wildman–Crippen MR) is 152 cm³/mol. The summed E-state index contributed by atoms with van der Waals surface area (Å²) in [7, 11) is 0. The predicted octanol–water partition coefficient (Wildman–Crippen LogP) is 9.52. The van der Waals surface area contributed by atoms with Gasteiger partial charge in [-0.3, -0.25) is 0 Å². The minimum Gasteiger partial charge on any atom is -0.0843 e. The topological polar surface area (TPSA) is 0 Å². The summed E-state index contributed by atoms with van der Waals surface area (Å²) in [4.78, 5) is 0. The van der Waals surface area contributed by atoms with Crippen LogP contribution in [0.2, 0.25) is 5.02 Å². The standard InChI is InChI=1S/C35H23Cl/c36-28-21-24-11-7-8-16-29(24)32(23-28)25-19-20-31-30-17-9-10-18-33(30)35(34(31)22-25,26-12-3-1-4-13-26)27-14-5-2-6-15-27/h1-23H. The summed E-state index contributed by atoms with van der Waals surface area (Å²) >= 11 is 6.61. The van der Waals surface area contributed by atoms with Crippen molar-refractivity contribution in [3.63, 3.8) is 0 Å². The molecule has 1 heteroatoms. The fourth-order valence-corrected chi connectivity index (χ4v) is 6.35. The molecule has 36 heavy (non-hydrogen) atoms. The molecule has 0 heterocycles. The molecule has 0 aliphatic heterocycles. The molecule has 0 saturated carbocycles. The Balaban J connectivity index is 1.60. The van der Waals surface area contributed by atoms with E-state index in [1.54, 1.807) is 0 Å². The van der Waals surface area contributed by atoms with Crippen molar-refractivity contribution in [2.24, 2.45) is 0 Å². The Kier molecular flexibility index (Phi) is 4.84. The van der Waals surface area contributed by atoms with Gasteiger partial charge in [0, 0.05) is 5.02 Å². The van der Waals surface area contributed by atoms with Crippen molar-refractivity contribution in [1.82, 2.24) is 0 Å². The summed E-state index contributed by atoms with van der Waals surface area (Å²) < 4.78 is 0. The molecule has 0 amide bonds. The van der Waals surface area contributed by atoms with E-state index in [-0.39, 0.29) is 0 Å². The zero-order chi connectivity index (χ0) is 24.1. The molecule has 7 rings (SSSR count). The highest BCUT2D eigenvalue weighted by Gasteiger charge is 2.46. The Morgan fingerprint density at radius 3 is 1.81 bits per heavy atom.